The van der Waals surface area contributed by atoms with Crippen molar-refractivity contribution < 1.29 is 5.11 Å². The minimum absolute atomic E-state index is 0.402. The lowest BCUT2D eigenvalue weighted by molar-refractivity contribution is -0.0215. The van der Waals surface area contributed by atoms with Crippen LogP contribution in [0, 0.1) is 5.92 Å². The van der Waals surface area contributed by atoms with E-state index in [4.69, 9.17) is 0 Å². The average Bonchev–Trinajstić information content (AvgIpc) is 2.15. The Labute approximate surface area is 87.3 Å². The first kappa shape index (κ1) is 10.4. The molecule has 2 fully saturated rings. The maximum absolute atomic E-state index is 9.25. The van der Waals surface area contributed by atoms with E-state index in [1.807, 2.05) is 0 Å². The highest BCUT2D eigenvalue weighted by Crippen LogP contribution is 2.37. The molecule has 0 aromatic carbocycles. The van der Waals surface area contributed by atoms with Gasteiger partial charge in [-0.25, -0.2) is 0 Å². The molecular weight excluding hydrogens is 174 g/mol. The van der Waals surface area contributed by atoms with Crippen LogP contribution in [0.1, 0.15) is 46.0 Å². The van der Waals surface area contributed by atoms with Crippen molar-refractivity contribution in [3.8, 4) is 0 Å². The number of nitrogens with zero attached hydrogens (tertiary/aromatic N) is 1. The Morgan fingerprint density at radius 1 is 1.21 bits per heavy atom. The summed E-state index contributed by atoms with van der Waals surface area (Å²) in [6, 6.07) is 2.21. The van der Waals surface area contributed by atoms with Crippen molar-refractivity contribution in [2.75, 3.05) is 6.61 Å². The highest BCUT2D eigenvalue weighted by atomic mass is 16.3. The van der Waals surface area contributed by atoms with Crippen LogP contribution in [0.2, 0.25) is 0 Å². The molecule has 2 atom stereocenters. The van der Waals surface area contributed by atoms with Gasteiger partial charge < -0.3 is 5.11 Å². The maximum Gasteiger partial charge on any atom is 0.0460 e. The third-order valence-electron chi connectivity index (χ3n) is 3.98. The van der Waals surface area contributed by atoms with Crippen LogP contribution in [0.5, 0.6) is 0 Å². The predicted molar refractivity (Wildman–Crippen MR) is 58.2 cm³/mol. The molecule has 2 unspecified atom stereocenters. The lowest BCUT2D eigenvalue weighted by Crippen LogP contribution is -2.55. The number of fused-ring (bicyclic) bond motifs is 2. The summed E-state index contributed by atoms with van der Waals surface area (Å²) in [7, 11) is 0. The fraction of sp³-hybridized carbons (Fsp3) is 1.00. The van der Waals surface area contributed by atoms with Gasteiger partial charge in [-0.15, -0.1) is 0 Å². The number of aliphatic hydroxyl groups is 1. The third kappa shape index (κ3) is 1.82. The Hall–Kier alpha value is -0.0800. The molecule has 2 saturated heterocycles. The molecule has 0 saturated carbocycles. The summed E-state index contributed by atoms with van der Waals surface area (Å²) in [6.07, 6.45) is 6.56. The van der Waals surface area contributed by atoms with Crippen molar-refractivity contribution in [3.05, 3.63) is 0 Å². The molecule has 0 aromatic heterocycles. The molecule has 14 heavy (non-hydrogen) atoms. The van der Waals surface area contributed by atoms with Gasteiger partial charge in [0.2, 0.25) is 0 Å². The fourth-order valence-electron chi connectivity index (χ4n) is 3.52. The van der Waals surface area contributed by atoms with E-state index in [-0.39, 0.29) is 0 Å². The molecule has 82 valence electrons. The fourth-order valence-corrected chi connectivity index (χ4v) is 3.52. The van der Waals surface area contributed by atoms with Gasteiger partial charge in [-0.2, -0.15) is 0 Å². The van der Waals surface area contributed by atoms with E-state index >= 15 is 0 Å². The van der Waals surface area contributed by atoms with Gasteiger partial charge in [0.05, 0.1) is 0 Å². The second-order valence-corrected chi connectivity index (χ2v) is 5.30. The quantitative estimate of drug-likeness (QED) is 0.732. The van der Waals surface area contributed by atoms with Crippen LogP contribution in [0.3, 0.4) is 0 Å². The van der Waals surface area contributed by atoms with Gasteiger partial charge >= 0.3 is 0 Å². The minimum Gasteiger partial charge on any atom is -0.396 e. The van der Waals surface area contributed by atoms with Crippen LogP contribution in [0.4, 0.5) is 0 Å². The third-order valence-corrected chi connectivity index (χ3v) is 3.98. The summed E-state index contributed by atoms with van der Waals surface area (Å²) < 4.78 is 0. The van der Waals surface area contributed by atoms with E-state index in [0.717, 1.165) is 12.1 Å². The number of aliphatic hydroxyl groups excluding tert-OH is 1. The van der Waals surface area contributed by atoms with Crippen LogP contribution in [-0.4, -0.2) is 34.7 Å². The molecule has 2 aliphatic rings. The molecule has 2 heteroatoms. The SMILES string of the molecule is CC(C)N1C2CCCC1CC(CO)C2. The predicted octanol–water partition coefficient (Wildman–Crippen LogP) is 2.02. The molecule has 2 heterocycles. The van der Waals surface area contributed by atoms with Gasteiger partial charge in [0.25, 0.3) is 0 Å². The molecule has 0 amide bonds. The second-order valence-electron chi connectivity index (χ2n) is 5.30. The van der Waals surface area contributed by atoms with Gasteiger partial charge in [-0.1, -0.05) is 6.42 Å². The molecule has 0 aromatic rings. The van der Waals surface area contributed by atoms with Crippen LogP contribution < -0.4 is 0 Å². The van der Waals surface area contributed by atoms with Crippen LogP contribution in [-0.2, 0) is 0 Å². The summed E-state index contributed by atoms with van der Waals surface area (Å²) in [6.45, 7) is 5.02. The molecule has 2 nitrogen and oxygen atoms in total. The van der Waals surface area contributed by atoms with Crippen LogP contribution in [0.15, 0.2) is 0 Å². The number of hydrogen-bond donors (Lipinski definition) is 1. The van der Waals surface area contributed by atoms with Crippen molar-refractivity contribution in [1.82, 2.24) is 4.90 Å². The Morgan fingerprint density at radius 2 is 1.79 bits per heavy atom. The Bertz CT molecular complexity index is 179. The first-order valence-electron chi connectivity index (χ1n) is 6.10. The van der Waals surface area contributed by atoms with Gasteiger partial charge in [-0.3, -0.25) is 4.90 Å². The van der Waals surface area contributed by atoms with Crippen molar-refractivity contribution in [3.63, 3.8) is 0 Å². The lowest BCUT2D eigenvalue weighted by atomic mass is 9.78. The molecule has 2 bridgehead atoms. The molecular formula is C12H23NO. The van der Waals surface area contributed by atoms with Crippen LogP contribution >= 0.6 is 0 Å². The maximum atomic E-state index is 9.25. The second kappa shape index (κ2) is 4.19. The van der Waals surface area contributed by atoms with E-state index in [0.29, 0.717) is 18.6 Å². The lowest BCUT2D eigenvalue weighted by Gasteiger charge is -2.50. The molecule has 0 radical (unpaired) electrons. The van der Waals surface area contributed by atoms with Gasteiger partial charge in [-0.05, 0) is 45.4 Å². The standard InChI is InChI=1S/C12H23NO/c1-9(2)13-11-4-3-5-12(13)7-10(6-11)8-14/h9-12,14H,3-8H2,1-2H3. The largest absolute Gasteiger partial charge is 0.396 e. The molecule has 0 aliphatic carbocycles. The van der Waals surface area contributed by atoms with Gasteiger partial charge in [0.15, 0.2) is 0 Å². The average molecular weight is 197 g/mol. The van der Waals surface area contributed by atoms with Gasteiger partial charge in [0.1, 0.15) is 0 Å². The molecule has 1 N–H and O–H groups in total. The van der Waals surface area contributed by atoms with Crippen molar-refractivity contribution in [1.29, 1.82) is 0 Å². The summed E-state index contributed by atoms with van der Waals surface area (Å²) in [5.41, 5.74) is 0. The highest BCUT2D eigenvalue weighted by molar-refractivity contribution is 4.93. The summed E-state index contributed by atoms with van der Waals surface area (Å²) in [4.78, 5) is 2.70. The Morgan fingerprint density at radius 3 is 2.21 bits per heavy atom. The minimum atomic E-state index is 0.402. The molecule has 0 spiro atoms. The molecule has 2 rings (SSSR count). The number of piperidine rings is 2. The topological polar surface area (TPSA) is 23.5 Å². The summed E-state index contributed by atoms with van der Waals surface area (Å²) in [5.74, 6) is 0.584. The zero-order chi connectivity index (χ0) is 10.1. The summed E-state index contributed by atoms with van der Waals surface area (Å²) in [5, 5.41) is 9.25. The van der Waals surface area contributed by atoms with E-state index in [1.54, 1.807) is 0 Å². The monoisotopic (exact) mass is 197 g/mol. The number of rotatable bonds is 2. The summed E-state index contributed by atoms with van der Waals surface area (Å²) >= 11 is 0. The smallest absolute Gasteiger partial charge is 0.0460 e. The highest BCUT2D eigenvalue weighted by Gasteiger charge is 2.38. The van der Waals surface area contributed by atoms with E-state index < -0.39 is 0 Å². The van der Waals surface area contributed by atoms with Gasteiger partial charge in [0, 0.05) is 24.7 Å². The molecule has 2 aliphatic heterocycles. The van der Waals surface area contributed by atoms with E-state index in [2.05, 4.69) is 18.7 Å². The zero-order valence-electron chi connectivity index (χ0n) is 9.45. The van der Waals surface area contributed by atoms with Crippen LogP contribution in [0.25, 0.3) is 0 Å². The number of hydrogen-bond acceptors (Lipinski definition) is 2. The van der Waals surface area contributed by atoms with E-state index in [1.165, 1.54) is 32.1 Å². The van der Waals surface area contributed by atoms with Crippen molar-refractivity contribution >= 4 is 0 Å². The van der Waals surface area contributed by atoms with Crippen molar-refractivity contribution in [2.45, 2.75) is 64.1 Å². The van der Waals surface area contributed by atoms with Crippen molar-refractivity contribution in [2.24, 2.45) is 5.92 Å². The van der Waals surface area contributed by atoms with E-state index in [9.17, 15) is 5.11 Å². The Kier molecular flexibility index (Phi) is 3.13. The first-order chi connectivity index (χ1) is 6.72. The Balaban J connectivity index is 2.07. The first-order valence-corrected chi connectivity index (χ1v) is 6.10. The zero-order valence-corrected chi connectivity index (χ0v) is 9.45. The normalized spacial score (nSPS) is 39.0.